The normalized spacial score (nSPS) is 12.4. The van der Waals surface area contributed by atoms with Crippen LogP contribution < -0.4 is 18.9 Å². The molecule has 0 saturated heterocycles. The molecular weight excluding hydrogens is 500 g/mol. The number of amides is 1. The number of hydrogen-bond acceptors (Lipinski definition) is 5. The van der Waals surface area contributed by atoms with Gasteiger partial charge in [0.05, 0.1) is 12.8 Å². The maximum Gasteiger partial charge on any atom is 0.306 e. The smallest absolute Gasteiger partial charge is 0.306 e. The van der Waals surface area contributed by atoms with Gasteiger partial charge in [0.2, 0.25) is 0 Å². The molecule has 0 aliphatic carbocycles. The molecule has 0 aliphatic rings. The van der Waals surface area contributed by atoms with E-state index in [1.807, 2.05) is 102 Å². The van der Waals surface area contributed by atoms with Crippen molar-refractivity contribution in [2.75, 3.05) is 18.0 Å². The van der Waals surface area contributed by atoms with Gasteiger partial charge in [-0.3, -0.25) is 0 Å². The van der Waals surface area contributed by atoms with E-state index in [1.54, 1.807) is 12.1 Å². The van der Waals surface area contributed by atoms with Gasteiger partial charge in [-0.05, 0) is 45.2 Å². The molecule has 3 aromatic carbocycles. The van der Waals surface area contributed by atoms with Crippen molar-refractivity contribution in [1.82, 2.24) is 4.72 Å². The van der Waals surface area contributed by atoms with E-state index >= 15 is 0 Å². The highest BCUT2D eigenvalue weighted by Gasteiger charge is 2.36. The summed E-state index contributed by atoms with van der Waals surface area (Å²) in [6, 6.07) is 22.4. The summed E-state index contributed by atoms with van der Waals surface area (Å²) in [5, 5.41) is 12.6. The number of methoxy groups -OCH3 is 1. The quantitative estimate of drug-likeness (QED) is 0.431. The fraction of sp³-hybridized carbons (Fsp3) is 0.367. The Labute approximate surface area is 226 Å². The Hall–Kier alpha value is -3.36. The van der Waals surface area contributed by atoms with Crippen LogP contribution in [0.5, 0.6) is 5.75 Å². The molecule has 38 heavy (non-hydrogen) atoms. The van der Waals surface area contributed by atoms with E-state index in [0.29, 0.717) is 21.2 Å². The number of nitrogens with one attached hydrogen (secondary N) is 1. The third-order valence-corrected chi connectivity index (χ3v) is 7.76. The molecule has 8 heteroatoms. The molecular formula is C30H37N2O5S-. The first-order valence-corrected chi connectivity index (χ1v) is 13.9. The summed E-state index contributed by atoms with van der Waals surface area (Å²) in [5.74, 6) is 0.177. The average molecular weight is 538 g/mol. The lowest BCUT2D eigenvalue weighted by molar-refractivity contribution is -0.244. The monoisotopic (exact) mass is 537 g/mol. The molecule has 7 nitrogen and oxygen atoms in total. The molecule has 0 aromatic heterocycles. The number of carbonyl (C=O) groups is 1. The van der Waals surface area contributed by atoms with Crippen LogP contribution in [0.3, 0.4) is 0 Å². The van der Waals surface area contributed by atoms with Gasteiger partial charge in [0.1, 0.15) is 5.75 Å². The lowest BCUT2D eigenvalue weighted by Gasteiger charge is -2.36. The van der Waals surface area contributed by atoms with Crippen molar-refractivity contribution in [3.05, 3.63) is 95.1 Å². The van der Waals surface area contributed by atoms with Crippen molar-refractivity contribution in [2.45, 2.75) is 58.3 Å². The second-order valence-corrected chi connectivity index (χ2v) is 12.9. The average Bonchev–Trinajstić information content (AvgIpc) is 2.83. The molecule has 0 spiro atoms. The minimum atomic E-state index is -4.59. The minimum Gasteiger partial charge on any atom is -0.529 e. The first kappa shape index (κ1) is 29.2. The van der Waals surface area contributed by atoms with E-state index in [1.165, 1.54) is 7.11 Å². The highest BCUT2D eigenvalue weighted by molar-refractivity contribution is 7.91. The lowest BCUT2D eigenvalue weighted by Crippen LogP contribution is -2.52. The predicted octanol–water partition coefficient (Wildman–Crippen LogP) is 5.11. The zero-order chi connectivity index (χ0) is 28.3. The molecule has 204 valence electrons. The van der Waals surface area contributed by atoms with Gasteiger partial charge in [-0.25, -0.2) is 4.31 Å². The summed E-state index contributed by atoms with van der Waals surface area (Å²) >= 11 is 0. The zero-order valence-corrected chi connectivity index (χ0v) is 23.9. The molecule has 1 amide bonds. The number of benzene rings is 3. The van der Waals surface area contributed by atoms with Gasteiger partial charge >= 0.3 is 10.2 Å². The van der Waals surface area contributed by atoms with Crippen LogP contribution in [0.15, 0.2) is 72.8 Å². The SMILES string of the molecule is COc1cc(C(C)(C)C)c(N(C(=O)[O-])S(=O)(=O)NCC(c2ccccc2)c2ccccc2)c(C(C)(C)C)c1. The van der Waals surface area contributed by atoms with E-state index in [-0.39, 0.29) is 18.2 Å². The van der Waals surface area contributed by atoms with E-state index in [4.69, 9.17) is 4.74 Å². The van der Waals surface area contributed by atoms with Gasteiger partial charge in [0.15, 0.2) is 6.09 Å². The lowest BCUT2D eigenvalue weighted by atomic mass is 9.78. The van der Waals surface area contributed by atoms with E-state index in [2.05, 4.69) is 4.72 Å². The van der Waals surface area contributed by atoms with Crippen molar-refractivity contribution in [1.29, 1.82) is 0 Å². The maximum atomic E-state index is 13.8. The van der Waals surface area contributed by atoms with Crippen LogP contribution in [0.2, 0.25) is 0 Å². The molecule has 0 radical (unpaired) electrons. The van der Waals surface area contributed by atoms with Crippen LogP contribution in [0.4, 0.5) is 10.5 Å². The molecule has 3 rings (SSSR count). The number of hydrogen-bond donors (Lipinski definition) is 1. The van der Waals surface area contributed by atoms with Crippen LogP contribution in [-0.4, -0.2) is 28.2 Å². The number of carboxylic acid groups (broad SMARTS) is 1. The van der Waals surface area contributed by atoms with Crippen LogP contribution >= 0.6 is 0 Å². The molecule has 0 heterocycles. The Morgan fingerprint density at radius 3 is 1.63 bits per heavy atom. The maximum absolute atomic E-state index is 13.8. The topological polar surface area (TPSA) is 98.8 Å². The van der Waals surface area contributed by atoms with Crippen LogP contribution in [-0.2, 0) is 21.0 Å². The van der Waals surface area contributed by atoms with Crippen LogP contribution in [0.25, 0.3) is 0 Å². The van der Waals surface area contributed by atoms with Gasteiger partial charge in [0.25, 0.3) is 0 Å². The minimum absolute atomic E-state index is 0.0496. The Kier molecular flexibility index (Phi) is 8.58. The Bertz CT molecular complexity index is 1280. The summed E-state index contributed by atoms with van der Waals surface area (Å²) in [4.78, 5) is 12.6. The van der Waals surface area contributed by atoms with Crippen LogP contribution in [0.1, 0.15) is 69.7 Å². The molecule has 0 saturated carbocycles. The molecule has 0 aliphatic heterocycles. The molecule has 0 bridgehead atoms. The number of anilines is 1. The summed E-state index contributed by atoms with van der Waals surface area (Å²) in [6.45, 7) is 11.3. The predicted molar refractivity (Wildman–Crippen MR) is 150 cm³/mol. The van der Waals surface area contributed by atoms with Gasteiger partial charge in [-0.2, -0.15) is 13.1 Å². The second kappa shape index (κ2) is 11.2. The van der Waals surface area contributed by atoms with Crippen molar-refractivity contribution >= 4 is 22.0 Å². The van der Waals surface area contributed by atoms with Gasteiger partial charge in [-0.1, -0.05) is 102 Å². The first-order chi connectivity index (χ1) is 17.7. The number of rotatable bonds is 8. The first-order valence-electron chi connectivity index (χ1n) is 12.5. The highest BCUT2D eigenvalue weighted by atomic mass is 32.2. The van der Waals surface area contributed by atoms with Crippen molar-refractivity contribution < 1.29 is 23.1 Å². The Morgan fingerprint density at radius 2 is 1.29 bits per heavy atom. The van der Waals surface area contributed by atoms with Crippen LogP contribution in [0, 0.1) is 0 Å². The highest BCUT2D eigenvalue weighted by Crippen LogP contribution is 2.43. The Balaban J connectivity index is 2.15. The van der Waals surface area contributed by atoms with Crippen molar-refractivity contribution in [2.24, 2.45) is 0 Å². The van der Waals surface area contributed by atoms with Gasteiger partial charge in [0, 0.05) is 12.5 Å². The van der Waals surface area contributed by atoms with E-state index in [0.717, 1.165) is 11.1 Å². The summed E-state index contributed by atoms with van der Waals surface area (Å²) < 4.78 is 36.1. The second-order valence-electron chi connectivity index (χ2n) is 11.3. The van der Waals surface area contributed by atoms with Gasteiger partial charge < -0.3 is 14.6 Å². The summed E-state index contributed by atoms with van der Waals surface area (Å²) in [7, 11) is -3.07. The molecule has 3 aromatic rings. The third kappa shape index (κ3) is 6.55. The number of nitrogens with zero attached hydrogens (tertiary/aromatic N) is 1. The third-order valence-electron chi connectivity index (χ3n) is 6.42. The molecule has 0 fully saturated rings. The van der Waals surface area contributed by atoms with Gasteiger partial charge in [-0.15, -0.1) is 0 Å². The number of ether oxygens (including phenoxy) is 1. The molecule has 1 N–H and O–H groups in total. The fourth-order valence-corrected chi connectivity index (χ4v) is 5.59. The standard InChI is InChI=1S/C30H38N2O5S/c1-29(2,3)25-18-23(37-7)19-26(30(4,5)6)27(25)32(28(33)34)38(35,36)31-20-24(21-14-10-8-11-15-21)22-16-12-9-13-17-22/h8-19,24,31H,20H2,1-7H3,(H,33,34)/p-1. The fourth-order valence-electron chi connectivity index (χ4n) is 4.45. The summed E-state index contributed by atoms with van der Waals surface area (Å²) in [5.41, 5.74) is 1.67. The number of carbonyl (C=O) groups excluding carboxylic acids is 1. The molecule has 0 unspecified atom stereocenters. The summed E-state index contributed by atoms with van der Waals surface area (Å²) in [6.07, 6.45) is -1.84. The van der Waals surface area contributed by atoms with Crippen molar-refractivity contribution in [3.8, 4) is 5.75 Å². The molecule has 0 atom stereocenters. The zero-order valence-electron chi connectivity index (χ0n) is 23.1. The Morgan fingerprint density at radius 1 is 0.868 bits per heavy atom. The largest absolute Gasteiger partial charge is 0.529 e. The van der Waals surface area contributed by atoms with E-state index < -0.39 is 27.1 Å². The van der Waals surface area contributed by atoms with E-state index in [9.17, 15) is 18.3 Å². The van der Waals surface area contributed by atoms with Crippen molar-refractivity contribution in [3.63, 3.8) is 0 Å².